The molecule has 1 atom stereocenters. The summed E-state index contributed by atoms with van der Waals surface area (Å²) in [7, 11) is 0. The number of hydrogen-bond donors (Lipinski definition) is 2. The molecule has 2 heteroatoms. The van der Waals surface area contributed by atoms with Gasteiger partial charge < -0.3 is 0 Å². The van der Waals surface area contributed by atoms with Crippen LogP contribution in [0.1, 0.15) is 56.7 Å². The molecule has 0 aromatic heterocycles. The molecule has 0 saturated heterocycles. The molecular weight excluding hydrogens is 232 g/mol. The van der Waals surface area contributed by atoms with Crippen molar-refractivity contribution >= 4 is 0 Å². The summed E-state index contributed by atoms with van der Waals surface area (Å²) < 4.78 is 0. The first-order valence-electron chi connectivity index (χ1n) is 7.64. The van der Waals surface area contributed by atoms with Crippen molar-refractivity contribution in [3.8, 4) is 0 Å². The fourth-order valence-corrected chi connectivity index (χ4v) is 3.42. The van der Waals surface area contributed by atoms with Gasteiger partial charge in [0.2, 0.25) is 0 Å². The van der Waals surface area contributed by atoms with Crippen LogP contribution in [0.15, 0.2) is 24.3 Å². The number of nitrogens with one attached hydrogen (secondary N) is 1. The van der Waals surface area contributed by atoms with Crippen LogP contribution in [-0.4, -0.2) is 0 Å². The fraction of sp³-hybridized carbons (Fsp3) is 0.647. The zero-order chi connectivity index (χ0) is 13.8. The molecule has 0 amide bonds. The fourth-order valence-electron chi connectivity index (χ4n) is 3.42. The summed E-state index contributed by atoms with van der Waals surface area (Å²) >= 11 is 0. The second kappa shape index (κ2) is 6.53. The number of aryl methyl sites for hydroxylation is 1. The van der Waals surface area contributed by atoms with Crippen LogP contribution in [0.3, 0.4) is 0 Å². The molecule has 0 radical (unpaired) electrons. The number of hydrazine groups is 1. The molecule has 1 unspecified atom stereocenters. The van der Waals surface area contributed by atoms with Crippen LogP contribution in [0.5, 0.6) is 0 Å². The van der Waals surface area contributed by atoms with E-state index in [-0.39, 0.29) is 0 Å². The lowest BCUT2D eigenvalue weighted by molar-refractivity contribution is 0.189. The van der Waals surface area contributed by atoms with Crippen molar-refractivity contribution in [2.45, 2.75) is 52.5 Å². The van der Waals surface area contributed by atoms with E-state index in [1.54, 1.807) is 0 Å². The summed E-state index contributed by atoms with van der Waals surface area (Å²) in [4.78, 5) is 0. The third-order valence-electron chi connectivity index (χ3n) is 4.85. The van der Waals surface area contributed by atoms with Crippen LogP contribution in [0, 0.1) is 24.7 Å². The highest BCUT2D eigenvalue weighted by Crippen LogP contribution is 2.39. The van der Waals surface area contributed by atoms with Gasteiger partial charge in [-0.25, -0.2) is 0 Å². The summed E-state index contributed by atoms with van der Waals surface area (Å²) in [5.74, 6) is 8.23. The molecule has 1 aliphatic rings. The first-order chi connectivity index (χ1) is 9.11. The quantitative estimate of drug-likeness (QED) is 0.635. The standard InChI is InChI=1S/C17H28N2/c1-12(2)14-8-10-16(11-9-14)17(19-18)15-6-4-13(3)5-7-15/h4-7,12,14,16-17,19H,8-11,18H2,1-3H3. The topological polar surface area (TPSA) is 38.0 Å². The lowest BCUT2D eigenvalue weighted by Crippen LogP contribution is -2.35. The Hall–Kier alpha value is -0.860. The maximum atomic E-state index is 5.82. The Bertz CT molecular complexity index is 375. The highest BCUT2D eigenvalue weighted by atomic mass is 15.2. The monoisotopic (exact) mass is 260 g/mol. The SMILES string of the molecule is Cc1ccc(C(NN)C2CCC(C(C)C)CC2)cc1. The van der Waals surface area contributed by atoms with Gasteiger partial charge in [0.25, 0.3) is 0 Å². The first-order valence-corrected chi connectivity index (χ1v) is 7.64. The molecule has 19 heavy (non-hydrogen) atoms. The third-order valence-corrected chi connectivity index (χ3v) is 4.85. The van der Waals surface area contributed by atoms with Gasteiger partial charge in [0.05, 0.1) is 0 Å². The Morgan fingerprint density at radius 2 is 1.53 bits per heavy atom. The Balaban J connectivity index is 2.01. The van der Waals surface area contributed by atoms with Gasteiger partial charge in [-0.3, -0.25) is 11.3 Å². The maximum Gasteiger partial charge on any atom is 0.0488 e. The van der Waals surface area contributed by atoms with Crippen molar-refractivity contribution in [3.63, 3.8) is 0 Å². The summed E-state index contributed by atoms with van der Waals surface area (Å²) in [6, 6.07) is 9.11. The molecule has 0 bridgehead atoms. The first kappa shape index (κ1) is 14.5. The minimum absolute atomic E-state index is 0.314. The van der Waals surface area contributed by atoms with Gasteiger partial charge in [0.1, 0.15) is 0 Å². The lowest BCUT2D eigenvalue weighted by atomic mass is 9.73. The molecule has 1 aliphatic carbocycles. The summed E-state index contributed by atoms with van der Waals surface area (Å²) in [5, 5.41) is 0. The summed E-state index contributed by atoms with van der Waals surface area (Å²) in [6.45, 7) is 6.83. The predicted octanol–water partition coefficient (Wildman–Crippen LogP) is 3.96. The Labute approximate surface area is 117 Å². The number of benzene rings is 1. The summed E-state index contributed by atoms with van der Waals surface area (Å²) in [6.07, 6.45) is 5.30. The second-order valence-corrected chi connectivity index (χ2v) is 6.47. The van der Waals surface area contributed by atoms with Gasteiger partial charge in [-0.15, -0.1) is 0 Å². The van der Waals surface area contributed by atoms with Crippen LogP contribution in [0.4, 0.5) is 0 Å². The zero-order valence-corrected chi connectivity index (χ0v) is 12.5. The van der Waals surface area contributed by atoms with Gasteiger partial charge in [0, 0.05) is 6.04 Å². The average Bonchev–Trinajstić information content (AvgIpc) is 2.42. The minimum atomic E-state index is 0.314. The molecule has 1 fully saturated rings. The maximum absolute atomic E-state index is 5.82. The number of rotatable bonds is 4. The van der Waals surface area contributed by atoms with E-state index in [2.05, 4.69) is 50.5 Å². The highest BCUT2D eigenvalue weighted by Gasteiger charge is 2.28. The smallest absolute Gasteiger partial charge is 0.0488 e. The van der Waals surface area contributed by atoms with Crippen molar-refractivity contribution in [1.82, 2.24) is 5.43 Å². The molecule has 0 spiro atoms. The molecule has 106 valence electrons. The van der Waals surface area contributed by atoms with E-state index >= 15 is 0 Å². The molecule has 2 rings (SSSR count). The molecule has 2 nitrogen and oxygen atoms in total. The number of nitrogens with two attached hydrogens (primary N) is 1. The second-order valence-electron chi connectivity index (χ2n) is 6.47. The Morgan fingerprint density at radius 3 is 2.00 bits per heavy atom. The minimum Gasteiger partial charge on any atom is -0.271 e. The molecular formula is C17H28N2. The van der Waals surface area contributed by atoms with E-state index in [9.17, 15) is 0 Å². The van der Waals surface area contributed by atoms with Gasteiger partial charge in [-0.05, 0) is 55.9 Å². The Morgan fingerprint density at radius 1 is 1.00 bits per heavy atom. The van der Waals surface area contributed by atoms with Gasteiger partial charge in [0.15, 0.2) is 0 Å². The molecule has 1 aromatic carbocycles. The highest BCUT2D eigenvalue weighted by molar-refractivity contribution is 5.24. The lowest BCUT2D eigenvalue weighted by Gasteiger charge is -2.35. The van der Waals surface area contributed by atoms with Crippen molar-refractivity contribution in [1.29, 1.82) is 0 Å². The van der Waals surface area contributed by atoms with E-state index in [0.29, 0.717) is 12.0 Å². The normalized spacial score (nSPS) is 25.5. The molecule has 3 N–H and O–H groups in total. The van der Waals surface area contributed by atoms with Crippen molar-refractivity contribution in [2.75, 3.05) is 0 Å². The predicted molar refractivity (Wildman–Crippen MR) is 81.5 cm³/mol. The van der Waals surface area contributed by atoms with Gasteiger partial charge >= 0.3 is 0 Å². The van der Waals surface area contributed by atoms with E-state index in [1.165, 1.54) is 36.8 Å². The van der Waals surface area contributed by atoms with E-state index in [0.717, 1.165) is 11.8 Å². The number of hydrogen-bond acceptors (Lipinski definition) is 2. The van der Waals surface area contributed by atoms with E-state index < -0.39 is 0 Å². The van der Waals surface area contributed by atoms with Crippen LogP contribution in [0.25, 0.3) is 0 Å². The van der Waals surface area contributed by atoms with Crippen LogP contribution in [-0.2, 0) is 0 Å². The van der Waals surface area contributed by atoms with Crippen LogP contribution in [0.2, 0.25) is 0 Å². The third kappa shape index (κ3) is 3.58. The van der Waals surface area contributed by atoms with E-state index in [1.807, 2.05) is 0 Å². The van der Waals surface area contributed by atoms with Crippen molar-refractivity contribution < 1.29 is 0 Å². The molecule has 1 saturated carbocycles. The zero-order valence-electron chi connectivity index (χ0n) is 12.5. The van der Waals surface area contributed by atoms with Gasteiger partial charge in [-0.2, -0.15) is 0 Å². The molecule has 0 heterocycles. The molecule has 0 aliphatic heterocycles. The van der Waals surface area contributed by atoms with Crippen molar-refractivity contribution in [2.24, 2.45) is 23.6 Å². The van der Waals surface area contributed by atoms with Crippen molar-refractivity contribution in [3.05, 3.63) is 35.4 Å². The van der Waals surface area contributed by atoms with Crippen LogP contribution < -0.4 is 11.3 Å². The van der Waals surface area contributed by atoms with Gasteiger partial charge in [-0.1, -0.05) is 43.7 Å². The van der Waals surface area contributed by atoms with E-state index in [4.69, 9.17) is 5.84 Å². The average molecular weight is 260 g/mol. The summed E-state index contributed by atoms with van der Waals surface area (Å²) in [5.41, 5.74) is 5.69. The largest absolute Gasteiger partial charge is 0.271 e. The molecule has 1 aromatic rings. The Kier molecular flexibility index (Phi) is 5.00. The van der Waals surface area contributed by atoms with Crippen LogP contribution >= 0.6 is 0 Å².